The lowest BCUT2D eigenvalue weighted by atomic mass is 10.2. The number of aromatic nitrogens is 1. The van der Waals surface area contributed by atoms with Crippen LogP contribution in [-0.4, -0.2) is 48.6 Å². The standard InChI is InChI=1S/C21H28N4O2/c1-3-27-20-8-4-6-18(14-20)15-22-16-19-7-5-9-23-21(19)25-12-10-24(11-13-25)17(2)26/h4-9,14,22H,3,10-13,15-16H2,1-2H3. The van der Waals surface area contributed by atoms with Crippen LogP contribution >= 0.6 is 0 Å². The van der Waals surface area contributed by atoms with Gasteiger partial charge < -0.3 is 19.9 Å². The van der Waals surface area contributed by atoms with E-state index in [9.17, 15) is 4.79 Å². The van der Waals surface area contributed by atoms with Crippen molar-refractivity contribution in [3.8, 4) is 5.75 Å². The minimum absolute atomic E-state index is 0.145. The summed E-state index contributed by atoms with van der Waals surface area (Å²) in [6.45, 7) is 8.96. The number of anilines is 1. The zero-order chi connectivity index (χ0) is 19.1. The van der Waals surface area contributed by atoms with E-state index in [2.05, 4.69) is 33.4 Å². The van der Waals surface area contributed by atoms with Gasteiger partial charge in [-0.3, -0.25) is 4.79 Å². The number of carbonyl (C=O) groups excluding carboxylic acids is 1. The smallest absolute Gasteiger partial charge is 0.219 e. The molecule has 0 aliphatic carbocycles. The Hall–Kier alpha value is -2.60. The average Bonchev–Trinajstić information content (AvgIpc) is 2.69. The first-order valence-corrected chi connectivity index (χ1v) is 9.54. The Morgan fingerprint density at radius 1 is 1.15 bits per heavy atom. The molecule has 1 aromatic carbocycles. The van der Waals surface area contributed by atoms with Gasteiger partial charge in [-0.1, -0.05) is 18.2 Å². The first kappa shape index (κ1) is 19.2. The van der Waals surface area contributed by atoms with Crippen molar-refractivity contribution in [2.45, 2.75) is 26.9 Å². The minimum Gasteiger partial charge on any atom is -0.494 e. The number of amides is 1. The molecule has 2 aromatic rings. The van der Waals surface area contributed by atoms with Gasteiger partial charge >= 0.3 is 0 Å². The third kappa shape index (κ3) is 5.20. The van der Waals surface area contributed by atoms with Crippen molar-refractivity contribution in [2.24, 2.45) is 0 Å². The second-order valence-electron chi connectivity index (χ2n) is 6.66. The summed E-state index contributed by atoms with van der Waals surface area (Å²) in [6.07, 6.45) is 1.84. The normalized spacial score (nSPS) is 14.3. The molecule has 144 valence electrons. The van der Waals surface area contributed by atoms with Crippen LogP contribution in [0.2, 0.25) is 0 Å². The summed E-state index contributed by atoms with van der Waals surface area (Å²) in [5, 5.41) is 3.51. The van der Waals surface area contributed by atoms with Gasteiger partial charge in [0.25, 0.3) is 0 Å². The van der Waals surface area contributed by atoms with E-state index in [1.807, 2.05) is 36.2 Å². The first-order valence-electron chi connectivity index (χ1n) is 9.54. The zero-order valence-electron chi connectivity index (χ0n) is 16.1. The monoisotopic (exact) mass is 368 g/mol. The highest BCUT2D eigenvalue weighted by molar-refractivity contribution is 5.73. The molecule has 1 saturated heterocycles. The molecule has 6 nitrogen and oxygen atoms in total. The number of nitrogens with one attached hydrogen (secondary N) is 1. The lowest BCUT2D eigenvalue weighted by Crippen LogP contribution is -2.48. The largest absolute Gasteiger partial charge is 0.494 e. The quantitative estimate of drug-likeness (QED) is 0.813. The fraction of sp³-hybridized carbons (Fsp3) is 0.429. The van der Waals surface area contributed by atoms with Crippen molar-refractivity contribution in [1.82, 2.24) is 15.2 Å². The van der Waals surface area contributed by atoms with Gasteiger partial charge in [-0.05, 0) is 30.7 Å². The third-order valence-corrected chi connectivity index (χ3v) is 4.75. The van der Waals surface area contributed by atoms with E-state index >= 15 is 0 Å². The number of benzene rings is 1. The molecule has 1 aromatic heterocycles. The number of hydrogen-bond donors (Lipinski definition) is 1. The molecule has 0 spiro atoms. The molecule has 0 saturated carbocycles. The topological polar surface area (TPSA) is 57.7 Å². The highest BCUT2D eigenvalue weighted by atomic mass is 16.5. The fourth-order valence-electron chi connectivity index (χ4n) is 3.34. The molecule has 1 N–H and O–H groups in total. The van der Waals surface area contributed by atoms with Crippen molar-refractivity contribution in [2.75, 3.05) is 37.7 Å². The van der Waals surface area contributed by atoms with Crippen LogP contribution in [0.5, 0.6) is 5.75 Å². The van der Waals surface area contributed by atoms with E-state index in [0.29, 0.717) is 6.61 Å². The summed E-state index contributed by atoms with van der Waals surface area (Å²) in [6, 6.07) is 12.3. The van der Waals surface area contributed by atoms with E-state index < -0.39 is 0 Å². The van der Waals surface area contributed by atoms with E-state index in [-0.39, 0.29) is 5.91 Å². The van der Waals surface area contributed by atoms with Crippen LogP contribution < -0.4 is 15.0 Å². The van der Waals surface area contributed by atoms with Crippen LogP contribution in [0.4, 0.5) is 5.82 Å². The van der Waals surface area contributed by atoms with Gasteiger partial charge in [-0.15, -0.1) is 0 Å². The highest BCUT2D eigenvalue weighted by Crippen LogP contribution is 2.19. The Morgan fingerprint density at radius 2 is 1.96 bits per heavy atom. The van der Waals surface area contributed by atoms with Gasteiger partial charge in [0, 0.05) is 58.0 Å². The van der Waals surface area contributed by atoms with Crippen LogP contribution in [0.3, 0.4) is 0 Å². The van der Waals surface area contributed by atoms with Crippen LogP contribution in [0, 0.1) is 0 Å². The molecule has 1 fully saturated rings. The second kappa shape index (κ2) is 9.37. The van der Waals surface area contributed by atoms with Crippen molar-refractivity contribution >= 4 is 11.7 Å². The third-order valence-electron chi connectivity index (χ3n) is 4.75. The lowest BCUT2D eigenvalue weighted by molar-refractivity contribution is -0.129. The first-order chi connectivity index (χ1) is 13.2. The fourth-order valence-corrected chi connectivity index (χ4v) is 3.34. The van der Waals surface area contributed by atoms with Crippen LogP contribution in [-0.2, 0) is 17.9 Å². The summed E-state index contributed by atoms with van der Waals surface area (Å²) in [7, 11) is 0. The van der Waals surface area contributed by atoms with Crippen LogP contribution in [0.1, 0.15) is 25.0 Å². The summed E-state index contributed by atoms with van der Waals surface area (Å²) < 4.78 is 5.56. The van der Waals surface area contributed by atoms with Crippen molar-refractivity contribution in [3.05, 3.63) is 53.7 Å². The van der Waals surface area contributed by atoms with Gasteiger partial charge in [-0.2, -0.15) is 0 Å². The number of hydrogen-bond acceptors (Lipinski definition) is 5. The van der Waals surface area contributed by atoms with Crippen molar-refractivity contribution < 1.29 is 9.53 Å². The molecular weight excluding hydrogens is 340 g/mol. The van der Waals surface area contributed by atoms with Gasteiger partial charge in [0.15, 0.2) is 0 Å². The summed E-state index contributed by atoms with van der Waals surface area (Å²) in [5.74, 6) is 2.06. The molecule has 1 aliphatic rings. The molecule has 6 heteroatoms. The predicted octanol–water partition coefficient (Wildman–Crippen LogP) is 2.44. The molecule has 1 aliphatic heterocycles. The molecule has 3 rings (SSSR count). The van der Waals surface area contributed by atoms with Gasteiger partial charge in [-0.25, -0.2) is 4.98 Å². The van der Waals surface area contributed by atoms with E-state index in [1.165, 1.54) is 11.1 Å². The van der Waals surface area contributed by atoms with E-state index in [1.54, 1.807) is 6.92 Å². The van der Waals surface area contributed by atoms with Crippen molar-refractivity contribution in [3.63, 3.8) is 0 Å². The summed E-state index contributed by atoms with van der Waals surface area (Å²) in [5.41, 5.74) is 2.37. The average molecular weight is 368 g/mol. The van der Waals surface area contributed by atoms with E-state index in [0.717, 1.165) is 50.8 Å². The molecule has 0 bridgehead atoms. The Morgan fingerprint density at radius 3 is 2.70 bits per heavy atom. The number of carbonyl (C=O) groups is 1. The van der Waals surface area contributed by atoms with Crippen LogP contribution in [0.25, 0.3) is 0 Å². The molecule has 0 atom stereocenters. The van der Waals surface area contributed by atoms with Gasteiger partial charge in [0.05, 0.1) is 6.61 Å². The SMILES string of the molecule is CCOc1cccc(CNCc2cccnc2N2CCN(C(C)=O)CC2)c1. The summed E-state index contributed by atoms with van der Waals surface area (Å²) in [4.78, 5) is 20.3. The number of piperazine rings is 1. The highest BCUT2D eigenvalue weighted by Gasteiger charge is 2.21. The van der Waals surface area contributed by atoms with Gasteiger partial charge in [0.2, 0.25) is 5.91 Å². The molecule has 2 heterocycles. The molecule has 0 unspecified atom stereocenters. The maximum atomic E-state index is 11.5. The Bertz CT molecular complexity index is 757. The summed E-state index contributed by atoms with van der Waals surface area (Å²) >= 11 is 0. The van der Waals surface area contributed by atoms with Gasteiger partial charge in [0.1, 0.15) is 11.6 Å². The molecule has 0 radical (unpaired) electrons. The lowest BCUT2D eigenvalue weighted by Gasteiger charge is -2.35. The predicted molar refractivity (Wildman–Crippen MR) is 107 cm³/mol. The molecule has 1 amide bonds. The second-order valence-corrected chi connectivity index (χ2v) is 6.66. The maximum Gasteiger partial charge on any atom is 0.219 e. The van der Waals surface area contributed by atoms with Crippen LogP contribution in [0.15, 0.2) is 42.6 Å². The molecule has 27 heavy (non-hydrogen) atoms. The molecular formula is C21H28N4O2. The number of rotatable bonds is 7. The zero-order valence-corrected chi connectivity index (χ0v) is 16.1. The minimum atomic E-state index is 0.145. The Kier molecular flexibility index (Phi) is 6.65. The Labute approximate surface area is 161 Å². The Balaban J connectivity index is 1.58. The number of ether oxygens (including phenoxy) is 1. The van der Waals surface area contributed by atoms with Crippen molar-refractivity contribution in [1.29, 1.82) is 0 Å². The maximum absolute atomic E-state index is 11.5. The number of nitrogens with zero attached hydrogens (tertiary/aromatic N) is 3. The van der Waals surface area contributed by atoms with E-state index in [4.69, 9.17) is 4.74 Å². The number of pyridine rings is 1.